The molecule has 1 aromatic heterocycles. The van der Waals surface area contributed by atoms with Crippen molar-refractivity contribution in [3.63, 3.8) is 0 Å². The first-order chi connectivity index (χ1) is 17.7. The van der Waals surface area contributed by atoms with Crippen LogP contribution in [0.15, 0.2) is 95.8 Å². The molecule has 4 aromatic carbocycles. The van der Waals surface area contributed by atoms with Crippen molar-refractivity contribution < 1.29 is 9.90 Å². The van der Waals surface area contributed by atoms with Gasteiger partial charge in [-0.15, -0.1) is 0 Å². The number of hydrogen-bond acceptors (Lipinski definition) is 4. The Hall–Kier alpha value is -4.89. The van der Waals surface area contributed by atoms with Crippen molar-refractivity contribution in [3.8, 4) is 11.8 Å². The van der Waals surface area contributed by atoms with Gasteiger partial charge in [-0.2, -0.15) is 5.26 Å². The molecule has 1 amide bonds. The summed E-state index contributed by atoms with van der Waals surface area (Å²) in [6, 6.07) is 28.6. The number of aromatic hydroxyl groups is 1. The number of carbonyl (C=O) groups excluding carboxylic acids is 1. The van der Waals surface area contributed by atoms with Crippen molar-refractivity contribution in [1.29, 1.82) is 5.26 Å². The van der Waals surface area contributed by atoms with Crippen LogP contribution in [0.2, 0.25) is 0 Å². The molecule has 0 aliphatic carbocycles. The molecule has 5 aromatic rings. The summed E-state index contributed by atoms with van der Waals surface area (Å²) in [6.45, 7) is 5.79. The van der Waals surface area contributed by atoms with Gasteiger partial charge >= 0.3 is 0 Å². The van der Waals surface area contributed by atoms with Crippen molar-refractivity contribution in [2.24, 2.45) is 0 Å². The molecule has 0 saturated heterocycles. The maximum atomic E-state index is 12.8. The quantitative estimate of drug-likeness (QED) is 0.274. The minimum atomic E-state index is -0.628. The highest BCUT2D eigenvalue weighted by Gasteiger charge is 2.23. The number of hydrogen-bond donors (Lipinski definition) is 3. The Bertz CT molecular complexity index is 1680. The van der Waals surface area contributed by atoms with Gasteiger partial charge in [-0.1, -0.05) is 42.0 Å². The van der Waals surface area contributed by atoms with Crippen LogP contribution in [0.4, 0.5) is 0 Å². The molecule has 3 N–H and O–H groups in total. The third kappa shape index (κ3) is 5.68. The molecule has 6 nitrogen and oxygen atoms in total. The average molecular weight is 490 g/mol. The summed E-state index contributed by atoms with van der Waals surface area (Å²) in [6.07, 6.45) is 0. The van der Waals surface area contributed by atoms with Gasteiger partial charge in [0.05, 0.1) is 22.7 Å². The summed E-state index contributed by atoms with van der Waals surface area (Å²) in [7, 11) is 0. The Morgan fingerprint density at radius 2 is 1.54 bits per heavy atom. The van der Waals surface area contributed by atoms with Crippen LogP contribution in [-0.4, -0.2) is 16.0 Å². The zero-order valence-corrected chi connectivity index (χ0v) is 20.9. The van der Waals surface area contributed by atoms with Gasteiger partial charge in [0.15, 0.2) is 5.43 Å². The summed E-state index contributed by atoms with van der Waals surface area (Å²) in [4.78, 5) is 28.7. The molecule has 0 saturated carbocycles. The van der Waals surface area contributed by atoms with Crippen LogP contribution in [0.1, 0.15) is 40.9 Å². The predicted octanol–water partition coefficient (Wildman–Crippen LogP) is 5.92. The molecule has 6 heteroatoms. The molecule has 0 spiro atoms. The van der Waals surface area contributed by atoms with E-state index < -0.39 is 5.54 Å². The van der Waals surface area contributed by atoms with E-state index in [1.807, 2.05) is 63.2 Å². The number of aromatic nitrogens is 1. The number of para-hydroxylation sites is 1. The fourth-order valence-corrected chi connectivity index (χ4v) is 4.00. The molecule has 0 unspecified atom stereocenters. The number of aromatic amines is 1. The first-order valence-corrected chi connectivity index (χ1v) is 11.8. The maximum Gasteiger partial charge on any atom is 0.252 e. The molecule has 1 heterocycles. The lowest BCUT2D eigenvalue weighted by molar-refractivity contribution is 0.0912. The number of amides is 1. The van der Waals surface area contributed by atoms with Gasteiger partial charge in [0.2, 0.25) is 0 Å². The molecule has 0 fully saturated rings. The Morgan fingerprint density at radius 1 is 0.892 bits per heavy atom. The van der Waals surface area contributed by atoms with Gasteiger partial charge < -0.3 is 15.4 Å². The summed E-state index contributed by atoms with van der Waals surface area (Å²) in [5.41, 5.74) is 3.93. The van der Waals surface area contributed by atoms with E-state index in [2.05, 4.69) is 16.4 Å². The standard InChI is InChI=1S/C23H20N2O3.C8H7N/c1-23(2,15-8-10-16(26)11-9-15)25-22(28)14-7-12-18-20(13-14)24-19-6-4-3-5-17(19)21(18)27;1-7-2-4-8(6-9)5-3-7/h3-13,26H,1-2H3,(H,24,27)(H,25,28);2-5H,1H3. The Labute approximate surface area is 214 Å². The second kappa shape index (κ2) is 10.4. The normalized spacial score (nSPS) is 10.9. The van der Waals surface area contributed by atoms with E-state index in [-0.39, 0.29) is 17.1 Å². The van der Waals surface area contributed by atoms with Gasteiger partial charge in [-0.25, -0.2) is 0 Å². The lowest BCUT2D eigenvalue weighted by Gasteiger charge is -2.27. The zero-order valence-electron chi connectivity index (χ0n) is 20.9. The summed E-state index contributed by atoms with van der Waals surface area (Å²) in [5.74, 6) is -0.0643. The van der Waals surface area contributed by atoms with E-state index in [9.17, 15) is 14.7 Å². The summed E-state index contributed by atoms with van der Waals surface area (Å²) < 4.78 is 0. The Morgan fingerprint density at radius 3 is 2.22 bits per heavy atom. The topological polar surface area (TPSA) is 106 Å². The Balaban J connectivity index is 0.000000301. The van der Waals surface area contributed by atoms with Crippen LogP contribution >= 0.6 is 0 Å². The number of aryl methyl sites for hydroxylation is 1. The van der Waals surface area contributed by atoms with E-state index in [4.69, 9.17) is 5.26 Å². The van der Waals surface area contributed by atoms with Crippen LogP contribution in [0.3, 0.4) is 0 Å². The lowest BCUT2D eigenvalue weighted by Crippen LogP contribution is -2.40. The molecule has 37 heavy (non-hydrogen) atoms. The summed E-state index contributed by atoms with van der Waals surface area (Å²) in [5, 5.41) is 22.0. The predicted molar refractivity (Wildman–Crippen MR) is 147 cm³/mol. The number of nitriles is 1. The zero-order chi connectivity index (χ0) is 26.6. The molecule has 0 atom stereocenters. The SMILES string of the molecule is CC(C)(NC(=O)c1ccc2c(=O)c3ccccc3[nH]c2c1)c1ccc(O)cc1.Cc1ccc(C#N)cc1. The van der Waals surface area contributed by atoms with E-state index >= 15 is 0 Å². The molecule has 0 bridgehead atoms. The smallest absolute Gasteiger partial charge is 0.252 e. The molecule has 0 aliphatic rings. The molecule has 0 radical (unpaired) electrons. The average Bonchev–Trinajstić information content (AvgIpc) is 2.89. The van der Waals surface area contributed by atoms with Crippen LogP contribution < -0.4 is 10.7 Å². The highest BCUT2D eigenvalue weighted by molar-refractivity contribution is 6.00. The largest absolute Gasteiger partial charge is 0.508 e. The minimum absolute atomic E-state index is 0.0549. The van der Waals surface area contributed by atoms with E-state index in [1.165, 1.54) is 5.56 Å². The first kappa shape index (κ1) is 25.2. The highest BCUT2D eigenvalue weighted by Crippen LogP contribution is 2.23. The third-order valence-corrected chi connectivity index (χ3v) is 6.16. The molecular weight excluding hydrogens is 462 g/mol. The fraction of sp³-hybridized carbons (Fsp3) is 0.129. The summed E-state index contributed by atoms with van der Waals surface area (Å²) >= 11 is 0. The molecular formula is C31H27N3O3. The van der Waals surface area contributed by atoms with Gasteiger partial charge in [0, 0.05) is 21.9 Å². The number of rotatable bonds is 3. The Kier molecular flexibility index (Phi) is 7.08. The number of benzene rings is 4. The van der Waals surface area contributed by atoms with Crippen LogP contribution in [-0.2, 0) is 5.54 Å². The first-order valence-electron chi connectivity index (χ1n) is 11.8. The van der Waals surface area contributed by atoms with Crippen molar-refractivity contribution in [2.75, 3.05) is 0 Å². The molecule has 0 aliphatic heterocycles. The highest BCUT2D eigenvalue weighted by atomic mass is 16.3. The van der Waals surface area contributed by atoms with Crippen molar-refractivity contribution in [3.05, 3.63) is 123 Å². The van der Waals surface area contributed by atoms with E-state index in [0.29, 0.717) is 21.9 Å². The van der Waals surface area contributed by atoms with Crippen molar-refractivity contribution in [1.82, 2.24) is 10.3 Å². The van der Waals surface area contributed by atoms with Crippen molar-refractivity contribution in [2.45, 2.75) is 26.3 Å². The van der Waals surface area contributed by atoms with Crippen molar-refractivity contribution >= 4 is 27.7 Å². The van der Waals surface area contributed by atoms with E-state index in [0.717, 1.165) is 16.6 Å². The number of nitrogens with one attached hydrogen (secondary N) is 2. The van der Waals surface area contributed by atoms with Crippen LogP contribution in [0.25, 0.3) is 21.8 Å². The van der Waals surface area contributed by atoms with Crippen LogP contribution in [0, 0.1) is 18.3 Å². The van der Waals surface area contributed by atoms with Gasteiger partial charge in [-0.3, -0.25) is 9.59 Å². The number of phenolic OH excluding ortho intramolecular Hbond substituents is 1. The van der Waals surface area contributed by atoms with E-state index in [1.54, 1.807) is 48.5 Å². The molecule has 5 rings (SSSR count). The number of phenols is 1. The second-order valence-corrected chi connectivity index (χ2v) is 9.36. The molecule has 184 valence electrons. The van der Waals surface area contributed by atoms with Crippen LogP contribution in [0.5, 0.6) is 5.75 Å². The van der Waals surface area contributed by atoms with Gasteiger partial charge in [0.1, 0.15) is 5.75 Å². The number of pyridine rings is 1. The number of carbonyl (C=O) groups is 1. The number of fused-ring (bicyclic) bond motifs is 2. The second-order valence-electron chi connectivity index (χ2n) is 9.36. The number of nitrogens with zero attached hydrogens (tertiary/aromatic N) is 1. The maximum absolute atomic E-state index is 12.8. The third-order valence-electron chi connectivity index (χ3n) is 6.16. The minimum Gasteiger partial charge on any atom is -0.508 e. The monoisotopic (exact) mass is 489 g/mol. The fourth-order valence-electron chi connectivity index (χ4n) is 4.00. The lowest BCUT2D eigenvalue weighted by atomic mass is 9.93. The number of H-pyrrole nitrogens is 1. The van der Waals surface area contributed by atoms with Gasteiger partial charge in [0.25, 0.3) is 5.91 Å². The van der Waals surface area contributed by atoms with Gasteiger partial charge in [-0.05, 0) is 80.9 Å².